The van der Waals surface area contributed by atoms with E-state index in [1.54, 1.807) is 30.0 Å². The number of carbonyl (C=O) groups is 1. The van der Waals surface area contributed by atoms with Crippen LogP contribution in [-0.4, -0.2) is 19.1 Å². The molecule has 0 bridgehead atoms. The van der Waals surface area contributed by atoms with Crippen molar-refractivity contribution >= 4 is 11.6 Å². The molecule has 0 atom stereocenters. The molecule has 1 amide bonds. The van der Waals surface area contributed by atoms with E-state index < -0.39 is 5.82 Å². The topological polar surface area (TPSA) is 29.5 Å². The highest BCUT2D eigenvalue weighted by molar-refractivity contribution is 6.07. The lowest BCUT2D eigenvalue weighted by Crippen LogP contribution is -2.38. The first-order valence-corrected chi connectivity index (χ1v) is 6.46. The third kappa shape index (κ3) is 2.13. The normalized spacial score (nSPS) is 13.6. The highest BCUT2D eigenvalue weighted by Gasteiger charge is 2.26. The number of aryl methyl sites for hydroxylation is 1. The number of anilines is 1. The van der Waals surface area contributed by atoms with E-state index >= 15 is 0 Å². The molecule has 0 saturated carbocycles. The van der Waals surface area contributed by atoms with Crippen molar-refractivity contribution in [1.29, 1.82) is 0 Å². The van der Waals surface area contributed by atoms with Gasteiger partial charge in [-0.2, -0.15) is 0 Å². The Morgan fingerprint density at radius 1 is 1.25 bits per heavy atom. The number of halogens is 1. The van der Waals surface area contributed by atoms with Gasteiger partial charge in [-0.1, -0.05) is 18.2 Å². The van der Waals surface area contributed by atoms with E-state index in [4.69, 9.17) is 4.74 Å². The Balaban J connectivity index is 2.00. The van der Waals surface area contributed by atoms with Gasteiger partial charge in [0.1, 0.15) is 18.2 Å². The first kappa shape index (κ1) is 12.7. The Hall–Kier alpha value is -2.36. The molecule has 20 heavy (non-hydrogen) atoms. The van der Waals surface area contributed by atoms with Gasteiger partial charge in [-0.05, 0) is 36.8 Å². The molecule has 1 aliphatic heterocycles. The molecule has 2 aromatic rings. The van der Waals surface area contributed by atoms with Crippen molar-refractivity contribution in [1.82, 2.24) is 0 Å². The van der Waals surface area contributed by atoms with Crippen LogP contribution in [0.25, 0.3) is 0 Å². The molecule has 1 aliphatic rings. The number of fused-ring (bicyclic) bond motifs is 1. The molecule has 0 aromatic heterocycles. The summed E-state index contributed by atoms with van der Waals surface area (Å²) in [5.74, 6) is -0.170. The Bertz CT molecular complexity index is 669. The molecular weight excluding hydrogens is 257 g/mol. The Labute approximate surface area is 116 Å². The minimum Gasteiger partial charge on any atom is -0.490 e. The molecule has 3 nitrogen and oxygen atoms in total. The van der Waals surface area contributed by atoms with Gasteiger partial charge in [-0.3, -0.25) is 4.79 Å². The fourth-order valence-electron chi connectivity index (χ4n) is 2.32. The first-order chi connectivity index (χ1) is 9.66. The largest absolute Gasteiger partial charge is 0.490 e. The van der Waals surface area contributed by atoms with E-state index in [1.165, 1.54) is 12.1 Å². The fourth-order valence-corrected chi connectivity index (χ4v) is 2.32. The molecule has 102 valence electrons. The zero-order valence-electron chi connectivity index (χ0n) is 11.1. The van der Waals surface area contributed by atoms with E-state index in [9.17, 15) is 9.18 Å². The van der Waals surface area contributed by atoms with Crippen molar-refractivity contribution < 1.29 is 13.9 Å². The summed E-state index contributed by atoms with van der Waals surface area (Å²) in [6, 6.07) is 11.9. The van der Waals surface area contributed by atoms with E-state index in [0.29, 0.717) is 24.6 Å². The second-order valence-corrected chi connectivity index (χ2v) is 4.76. The predicted molar refractivity (Wildman–Crippen MR) is 74.8 cm³/mol. The number of hydrogen-bond donors (Lipinski definition) is 0. The molecule has 0 N–H and O–H groups in total. The number of rotatable bonds is 1. The van der Waals surface area contributed by atoms with Gasteiger partial charge in [0.25, 0.3) is 5.91 Å². The maximum Gasteiger partial charge on any atom is 0.261 e. The highest BCUT2D eigenvalue weighted by Crippen LogP contribution is 2.32. The number of ether oxygens (including phenoxy) is 1. The lowest BCUT2D eigenvalue weighted by molar-refractivity contribution is 0.0972. The number of amides is 1. The molecule has 0 radical (unpaired) electrons. The molecule has 2 aromatic carbocycles. The predicted octanol–water partition coefficient (Wildman–Crippen LogP) is 3.17. The van der Waals surface area contributed by atoms with Gasteiger partial charge in [-0.25, -0.2) is 4.39 Å². The van der Waals surface area contributed by atoms with Crippen LogP contribution in [0.3, 0.4) is 0 Å². The van der Waals surface area contributed by atoms with Gasteiger partial charge in [-0.15, -0.1) is 0 Å². The van der Waals surface area contributed by atoms with Gasteiger partial charge in [0.05, 0.1) is 17.8 Å². The summed E-state index contributed by atoms with van der Waals surface area (Å²) in [5.41, 5.74) is 1.57. The average molecular weight is 271 g/mol. The van der Waals surface area contributed by atoms with Crippen LogP contribution in [0.2, 0.25) is 0 Å². The zero-order valence-corrected chi connectivity index (χ0v) is 11.1. The standard InChI is InChI=1S/C16H14FNO2/c1-11-6-7-12(13(17)10-11)16(19)18-8-9-20-15-5-3-2-4-14(15)18/h2-7,10H,8-9H2,1H3. The smallest absolute Gasteiger partial charge is 0.261 e. The number of carbonyl (C=O) groups excluding carboxylic acids is 1. The molecule has 0 unspecified atom stereocenters. The van der Waals surface area contributed by atoms with Crippen LogP contribution >= 0.6 is 0 Å². The second kappa shape index (κ2) is 4.96. The minimum absolute atomic E-state index is 0.0901. The van der Waals surface area contributed by atoms with Crippen LogP contribution in [0.1, 0.15) is 15.9 Å². The molecule has 4 heteroatoms. The lowest BCUT2D eigenvalue weighted by atomic mass is 10.1. The number of benzene rings is 2. The van der Waals surface area contributed by atoms with E-state index in [0.717, 1.165) is 5.56 Å². The Kier molecular flexibility index (Phi) is 3.14. The van der Waals surface area contributed by atoms with Crippen LogP contribution in [0, 0.1) is 12.7 Å². The minimum atomic E-state index is -0.487. The summed E-state index contributed by atoms with van der Waals surface area (Å²) < 4.78 is 19.5. The summed E-state index contributed by atoms with van der Waals surface area (Å²) in [7, 11) is 0. The highest BCUT2D eigenvalue weighted by atomic mass is 19.1. The SMILES string of the molecule is Cc1ccc(C(=O)N2CCOc3ccccc32)c(F)c1. The molecule has 3 rings (SSSR count). The summed E-state index contributed by atoms with van der Waals surface area (Å²) in [6.07, 6.45) is 0. The Morgan fingerprint density at radius 2 is 2.05 bits per heavy atom. The summed E-state index contributed by atoms with van der Waals surface area (Å²) in [4.78, 5) is 14.1. The average Bonchev–Trinajstić information content (AvgIpc) is 2.46. The molecule has 0 aliphatic carbocycles. The van der Waals surface area contributed by atoms with E-state index in [-0.39, 0.29) is 11.5 Å². The van der Waals surface area contributed by atoms with Crippen molar-refractivity contribution in [2.75, 3.05) is 18.1 Å². The van der Waals surface area contributed by atoms with E-state index in [2.05, 4.69) is 0 Å². The summed E-state index contributed by atoms with van der Waals surface area (Å²) in [6.45, 7) is 2.63. The molecular formula is C16H14FNO2. The van der Waals surface area contributed by atoms with Crippen molar-refractivity contribution in [3.63, 3.8) is 0 Å². The molecule has 0 spiro atoms. The fraction of sp³-hybridized carbons (Fsp3) is 0.188. The van der Waals surface area contributed by atoms with E-state index in [1.807, 2.05) is 12.1 Å². The van der Waals surface area contributed by atoms with Gasteiger partial charge in [0, 0.05) is 0 Å². The zero-order chi connectivity index (χ0) is 14.1. The lowest BCUT2D eigenvalue weighted by Gasteiger charge is -2.29. The van der Waals surface area contributed by atoms with Crippen LogP contribution in [-0.2, 0) is 0 Å². The van der Waals surface area contributed by atoms with Crippen LogP contribution in [0.5, 0.6) is 5.75 Å². The third-order valence-electron chi connectivity index (χ3n) is 3.33. The molecule has 0 saturated heterocycles. The van der Waals surface area contributed by atoms with Crippen LogP contribution in [0.4, 0.5) is 10.1 Å². The third-order valence-corrected chi connectivity index (χ3v) is 3.33. The summed E-state index contributed by atoms with van der Waals surface area (Å²) in [5, 5.41) is 0. The molecule has 0 fully saturated rings. The summed E-state index contributed by atoms with van der Waals surface area (Å²) >= 11 is 0. The van der Waals surface area contributed by atoms with Gasteiger partial charge < -0.3 is 9.64 Å². The maximum absolute atomic E-state index is 14.0. The van der Waals surface area contributed by atoms with Gasteiger partial charge in [0.15, 0.2) is 0 Å². The number of nitrogens with zero attached hydrogens (tertiary/aromatic N) is 1. The quantitative estimate of drug-likeness (QED) is 0.797. The Morgan fingerprint density at radius 3 is 2.85 bits per heavy atom. The monoisotopic (exact) mass is 271 g/mol. The van der Waals surface area contributed by atoms with Crippen LogP contribution in [0.15, 0.2) is 42.5 Å². The van der Waals surface area contributed by atoms with Crippen molar-refractivity contribution in [3.8, 4) is 5.75 Å². The van der Waals surface area contributed by atoms with Crippen molar-refractivity contribution in [2.45, 2.75) is 6.92 Å². The van der Waals surface area contributed by atoms with Crippen molar-refractivity contribution in [2.24, 2.45) is 0 Å². The van der Waals surface area contributed by atoms with Crippen molar-refractivity contribution in [3.05, 3.63) is 59.4 Å². The first-order valence-electron chi connectivity index (χ1n) is 6.46. The molecule has 1 heterocycles. The van der Waals surface area contributed by atoms with Crippen LogP contribution < -0.4 is 9.64 Å². The second-order valence-electron chi connectivity index (χ2n) is 4.76. The van der Waals surface area contributed by atoms with Gasteiger partial charge >= 0.3 is 0 Å². The number of para-hydroxylation sites is 2. The maximum atomic E-state index is 14.0. The van der Waals surface area contributed by atoms with Gasteiger partial charge in [0.2, 0.25) is 0 Å². The number of hydrogen-bond acceptors (Lipinski definition) is 2.